The normalized spacial score (nSPS) is 15.5. The van der Waals surface area contributed by atoms with Gasteiger partial charge in [0.15, 0.2) is 5.13 Å². The fourth-order valence-corrected chi connectivity index (χ4v) is 3.69. The lowest BCUT2D eigenvalue weighted by atomic mass is 10.2. The fourth-order valence-electron chi connectivity index (χ4n) is 2.73. The molecule has 0 N–H and O–H groups in total. The second-order valence-corrected chi connectivity index (χ2v) is 7.74. The van der Waals surface area contributed by atoms with E-state index in [1.54, 1.807) is 16.2 Å². The summed E-state index contributed by atoms with van der Waals surface area (Å²) in [6, 6.07) is 8.10. The molecule has 3 rings (SSSR count). The van der Waals surface area contributed by atoms with Gasteiger partial charge in [-0.3, -0.25) is 9.69 Å². The number of amides is 1. The van der Waals surface area contributed by atoms with Crippen LogP contribution in [-0.2, 0) is 11.3 Å². The van der Waals surface area contributed by atoms with Gasteiger partial charge in [0.05, 0.1) is 6.54 Å². The highest BCUT2D eigenvalue weighted by Crippen LogP contribution is 2.19. The predicted octanol–water partition coefficient (Wildman–Crippen LogP) is 2.69. The highest BCUT2D eigenvalue weighted by atomic mass is 79.9. The maximum Gasteiger partial charge on any atom is 0.236 e. The molecule has 1 fully saturated rings. The van der Waals surface area contributed by atoms with Crippen molar-refractivity contribution < 1.29 is 4.79 Å². The van der Waals surface area contributed by atoms with Crippen LogP contribution in [0.4, 0.5) is 5.13 Å². The number of aromatic nitrogens is 1. The molecule has 0 bridgehead atoms. The molecule has 1 saturated heterocycles. The lowest BCUT2D eigenvalue weighted by molar-refractivity contribution is -0.131. The third-order valence-corrected chi connectivity index (χ3v) is 5.54. The largest absolute Gasteiger partial charge is 0.346 e. The molecule has 0 aliphatic carbocycles. The van der Waals surface area contributed by atoms with Gasteiger partial charge in [-0.2, -0.15) is 0 Å². The van der Waals surface area contributed by atoms with Crippen LogP contribution >= 0.6 is 27.3 Å². The number of carbonyl (C=O) groups is 1. The summed E-state index contributed by atoms with van der Waals surface area (Å²) in [6.45, 7) is 4.78. The summed E-state index contributed by atoms with van der Waals surface area (Å²) in [7, 11) is 1.87. The minimum absolute atomic E-state index is 0.167. The Balaban J connectivity index is 1.46. The average Bonchev–Trinajstić information content (AvgIpc) is 3.12. The maximum absolute atomic E-state index is 12.4. The molecule has 24 heavy (non-hydrogen) atoms. The zero-order chi connectivity index (χ0) is 16.9. The minimum Gasteiger partial charge on any atom is -0.346 e. The number of carbonyl (C=O) groups excluding carboxylic acids is 1. The molecule has 2 heterocycles. The van der Waals surface area contributed by atoms with E-state index in [0.717, 1.165) is 41.3 Å². The molecule has 7 heteroatoms. The molecule has 0 saturated carbocycles. The van der Waals surface area contributed by atoms with Crippen molar-refractivity contribution in [3.05, 3.63) is 45.9 Å². The Morgan fingerprint density at radius 1 is 1.25 bits per heavy atom. The lowest BCUT2D eigenvalue weighted by Crippen LogP contribution is -2.49. The number of nitrogens with zero attached hydrogens (tertiary/aromatic N) is 4. The van der Waals surface area contributed by atoms with Crippen molar-refractivity contribution in [1.82, 2.24) is 14.8 Å². The first-order valence-corrected chi connectivity index (χ1v) is 9.64. The fraction of sp³-hybridized carbons (Fsp3) is 0.412. The van der Waals surface area contributed by atoms with E-state index in [9.17, 15) is 4.79 Å². The zero-order valence-corrected chi connectivity index (χ0v) is 16.1. The van der Waals surface area contributed by atoms with E-state index in [0.29, 0.717) is 13.1 Å². The van der Waals surface area contributed by atoms with Gasteiger partial charge in [0, 0.05) is 55.8 Å². The Morgan fingerprint density at radius 2 is 1.96 bits per heavy atom. The molecule has 5 nitrogen and oxygen atoms in total. The van der Waals surface area contributed by atoms with Crippen LogP contribution in [0.1, 0.15) is 5.56 Å². The van der Waals surface area contributed by atoms with E-state index in [2.05, 4.69) is 30.7 Å². The van der Waals surface area contributed by atoms with E-state index >= 15 is 0 Å². The maximum atomic E-state index is 12.4. The molecule has 0 unspecified atom stereocenters. The Labute approximate surface area is 155 Å². The number of piperazine rings is 1. The molecule has 1 aliphatic heterocycles. The second-order valence-electron chi connectivity index (χ2n) is 5.95. The molecule has 1 aromatic heterocycles. The Hall–Kier alpha value is -1.44. The SMILES string of the molecule is CN(Cc1ccc(Br)cc1)C(=O)CN1CCN(c2nccs2)CC1. The number of likely N-dealkylation sites (N-methyl/N-ethyl adjacent to an activating group) is 1. The van der Waals surface area contributed by atoms with Gasteiger partial charge in [-0.05, 0) is 17.7 Å². The minimum atomic E-state index is 0.167. The van der Waals surface area contributed by atoms with Crippen LogP contribution < -0.4 is 4.90 Å². The topological polar surface area (TPSA) is 39.7 Å². The van der Waals surface area contributed by atoms with Crippen LogP contribution in [-0.4, -0.2) is 60.5 Å². The number of rotatable bonds is 5. The van der Waals surface area contributed by atoms with Gasteiger partial charge in [-0.15, -0.1) is 11.3 Å². The van der Waals surface area contributed by atoms with E-state index in [4.69, 9.17) is 0 Å². The van der Waals surface area contributed by atoms with Gasteiger partial charge in [0.2, 0.25) is 5.91 Å². The number of halogens is 1. The van der Waals surface area contributed by atoms with Crippen molar-refractivity contribution in [2.45, 2.75) is 6.54 Å². The first-order chi connectivity index (χ1) is 11.6. The summed E-state index contributed by atoms with van der Waals surface area (Å²) in [4.78, 5) is 23.1. The predicted molar refractivity (Wildman–Crippen MR) is 101 cm³/mol. The van der Waals surface area contributed by atoms with Crippen molar-refractivity contribution in [3.8, 4) is 0 Å². The summed E-state index contributed by atoms with van der Waals surface area (Å²) in [5.74, 6) is 0.167. The molecular formula is C17H21BrN4OS. The van der Waals surface area contributed by atoms with Crippen molar-refractivity contribution in [3.63, 3.8) is 0 Å². The van der Waals surface area contributed by atoms with Crippen molar-refractivity contribution >= 4 is 38.3 Å². The molecule has 1 aromatic carbocycles. The summed E-state index contributed by atoms with van der Waals surface area (Å²) in [5.41, 5.74) is 1.14. The number of thiazole rings is 1. The molecule has 0 radical (unpaired) electrons. The van der Waals surface area contributed by atoms with Crippen molar-refractivity contribution in [2.24, 2.45) is 0 Å². The first kappa shape index (κ1) is 17.4. The highest BCUT2D eigenvalue weighted by Gasteiger charge is 2.21. The van der Waals surface area contributed by atoms with Crippen LogP contribution in [0, 0.1) is 0 Å². The van der Waals surface area contributed by atoms with E-state index < -0.39 is 0 Å². The van der Waals surface area contributed by atoms with E-state index in [1.807, 2.05) is 42.9 Å². The van der Waals surface area contributed by atoms with Crippen LogP contribution in [0.15, 0.2) is 40.3 Å². The molecule has 0 atom stereocenters. The van der Waals surface area contributed by atoms with Crippen LogP contribution in [0.2, 0.25) is 0 Å². The Bertz CT molecular complexity index is 654. The molecule has 128 valence electrons. The number of hydrogen-bond donors (Lipinski definition) is 0. The molecular weight excluding hydrogens is 388 g/mol. The van der Waals surface area contributed by atoms with Crippen LogP contribution in [0.25, 0.3) is 0 Å². The van der Waals surface area contributed by atoms with E-state index in [1.165, 1.54) is 0 Å². The van der Waals surface area contributed by atoms with Crippen LogP contribution in [0.3, 0.4) is 0 Å². The van der Waals surface area contributed by atoms with Crippen LogP contribution in [0.5, 0.6) is 0 Å². The third kappa shape index (κ3) is 4.55. The summed E-state index contributed by atoms with van der Waals surface area (Å²) < 4.78 is 1.05. The second kappa shape index (κ2) is 8.09. The third-order valence-electron chi connectivity index (χ3n) is 4.18. The summed E-state index contributed by atoms with van der Waals surface area (Å²) >= 11 is 5.10. The first-order valence-electron chi connectivity index (χ1n) is 7.97. The van der Waals surface area contributed by atoms with Gasteiger partial charge < -0.3 is 9.80 Å². The van der Waals surface area contributed by atoms with Gasteiger partial charge in [-0.1, -0.05) is 28.1 Å². The lowest BCUT2D eigenvalue weighted by Gasteiger charge is -2.34. The Kier molecular flexibility index (Phi) is 5.86. The van der Waals surface area contributed by atoms with Gasteiger partial charge >= 0.3 is 0 Å². The van der Waals surface area contributed by atoms with Crippen molar-refractivity contribution in [1.29, 1.82) is 0 Å². The average molecular weight is 409 g/mol. The van der Waals surface area contributed by atoms with E-state index in [-0.39, 0.29) is 5.91 Å². The van der Waals surface area contributed by atoms with Gasteiger partial charge in [0.25, 0.3) is 0 Å². The molecule has 1 amide bonds. The van der Waals surface area contributed by atoms with Crippen molar-refractivity contribution in [2.75, 3.05) is 44.7 Å². The van der Waals surface area contributed by atoms with Gasteiger partial charge in [-0.25, -0.2) is 4.98 Å². The summed E-state index contributed by atoms with van der Waals surface area (Å²) in [6.07, 6.45) is 1.84. The van der Waals surface area contributed by atoms with Gasteiger partial charge in [0.1, 0.15) is 0 Å². The quantitative estimate of drug-likeness (QED) is 0.762. The number of benzene rings is 1. The standard InChI is InChI=1S/C17H21BrN4OS/c1-20(12-14-2-4-15(18)5-3-14)16(23)13-21-7-9-22(10-8-21)17-19-6-11-24-17/h2-6,11H,7-10,12-13H2,1H3. The molecule has 0 spiro atoms. The molecule has 2 aromatic rings. The molecule has 1 aliphatic rings. The monoisotopic (exact) mass is 408 g/mol. The smallest absolute Gasteiger partial charge is 0.236 e. The summed E-state index contributed by atoms with van der Waals surface area (Å²) in [5, 5.41) is 3.08. The number of hydrogen-bond acceptors (Lipinski definition) is 5. The highest BCUT2D eigenvalue weighted by molar-refractivity contribution is 9.10. The zero-order valence-electron chi connectivity index (χ0n) is 13.7. The Morgan fingerprint density at radius 3 is 2.58 bits per heavy atom. The number of anilines is 1.